The van der Waals surface area contributed by atoms with Crippen molar-refractivity contribution in [1.29, 1.82) is 0 Å². The number of nitrogens with one attached hydrogen (secondary N) is 3. The van der Waals surface area contributed by atoms with Crippen molar-refractivity contribution in [3.05, 3.63) is 52.9 Å². The van der Waals surface area contributed by atoms with Crippen molar-refractivity contribution in [3.8, 4) is 0 Å². The lowest BCUT2D eigenvalue weighted by Gasteiger charge is -2.14. The fourth-order valence-electron chi connectivity index (χ4n) is 2.86. The third-order valence-corrected chi connectivity index (χ3v) is 4.26. The van der Waals surface area contributed by atoms with Crippen LogP contribution in [-0.2, 0) is 22.8 Å². The van der Waals surface area contributed by atoms with Crippen molar-refractivity contribution >= 4 is 11.6 Å². The minimum atomic E-state index is -0.508. The van der Waals surface area contributed by atoms with Gasteiger partial charge in [-0.15, -0.1) is 0 Å². The number of amides is 1. The highest BCUT2D eigenvalue weighted by Crippen LogP contribution is 2.36. The van der Waals surface area contributed by atoms with E-state index in [1.807, 2.05) is 13.0 Å². The lowest BCUT2D eigenvalue weighted by molar-refractivity contribution is -0.129. The largest absolute Gasteiger partial charge is 0.392 e. The summed E-state index contributed by atoms with van der Waals surface area (Å²) >= 11 is 0. The van der Waals surface area contributed by atoms with Gasteiger partial charge in [-0.3, -0.25) is 9.63 Å². The van der Waals surface area contributed by atoms with Crippen LogP contribution >= 0.6 is 0 Å². The van der Waals surface area contributed by atoms with Crippen molar-refractivity contribution in [1.82, 2.24) is 10.8 Å². The van der Waals surface area contributed by atoms with Gasteiger partial charge in [-0.2, -0.15) is 0 Å². The number of hydrogen-bond acceptors (Lipinski definition) is 5. The van der Waals surface area contributed by atoms with Gasteiger partial charge in [0, 0.05) is 18.7 Å². The molecule has 0 radical (unpaired) electrons. The Labute approximate surface area is 159 Å². The van der Waals surface area contributed by atoms with Crippen molar-refractivity contribution < 1.29 is 19.1 Å². The molecule has 27 heavy (non-hydrogen) atoms. The molecule has 4 N–H and O–H groups in total. The van der Waals surface area contributed by atoms with E-state index in [-0.39, 0.29) is 18.8 Å². The molecule has 1 fully saturated rings. The molecule has 1 aromatic carbocycles. The summed E-state index contributed by atoms with van der Waals surface area (Å²) in [6, 6.07) is 3.13. The average molecular weight is 377 g/mol. The molecule has 0 aliphatic heterocycles. The Morgan fingerprint density at radius 1 is 1.41 bits per heavy atom. The first-order valence-corrected chi connectivity index (χ1v) is 9.10. The first-order valence-electron chi connectivity index (χ1n) is 9.10. The van der Waals surface area contributed by atoms with Gasteiger partial charge in [0.15, 0.2) is 0 Å². The average Bonchev–Trinajstić information content (AvgIpc) is 3.48. The fourth-order valence-corrected chi connectivity index (χ4v) is 2.86. The van der Waals surface area contributed by atoms with Gasteiger partial charge in [-0.1, -0.05) is 18.2 Å². The van der Waals surface area contributed by atoms with Crippen molar-refractivity contribution in [3.63, 3.8) is 0 Å². The van der Waals surface area contributed by atoms with E-state index in [0.29, 0.717) is 24.6 Å². The van der Waals surface area contributed by atoms with Gasteiger partial charge in [0.2, 0.25) is 0 Å². The van der Waals surface area contributed by atoms with Gasteiger partial charge >= 0.3 is 0 Å². The molecule has 0 heterocycles. The number of hydrogen-bond donors (Lipinski definition) is 4. The molecular formula is C20H28FN3O3. The number of halogens is 1. The zero-order valence-corrected chi connectivity index (χ0v) is 15.8. The molecule has 0 atom stereocenters. The van der Waals surface area contributed by atoms with Crippen LogP contribution in [0.4, 0.5) is 10.1 Å². The second kappa shape index (κ2) is 10.8. The van der Waals surface area contributed by atoms with Gasteiger partial charge in [0.05, 0.1) is 25.9 Å². The Hall–Kier alpha value is -2.22. The van der Waals surface area contributed by atoms with Gasteiger partial charge < -0.3 is 15.7 Å². The molecule has 0 bridgehead atoms. The molecule has 148 valence electrons. The summed E-state index contributed by atoms with van der Waals surface area (Å²) in [5, 5.41) is 15.5. The van der Waals surface area contributed by atoms with Gasteiger partial charge in [-0.25, -0.2) is 9.87 Å². The third kappa shape index (κ3) is 6.78. The molecule has 0 saturated heterocycles. The quantitative estimate of drug-likeness (QED) is 0.270. The standard InChI is InChI=1S/C20H28FN3O3/c1-3-4-15(16-5-6-16)7-8-22-11-14-9-17(13-25)20(18(21)10-14)23-12-19(26)24-27-2/h3-4,7,9-10,16,22-23,25H,5-6,8,11-13H2,1-2H3,(H,24,26)/b4-3-,15-7+. The number of benzene rings is 1. The van der Waals surface area contributed by atoms with Gasteiger partial charge in [-0.05, 0) is 49.0 Å². The first kappa shape index (κ1) is 21.1. The van der Waals surface area contributed by atoms with E-state index >= 15 is 0 Å². The number of carbonyl (C=O) groups is 1. The topological polar surface area (TPSA) is 82.6 Å². The monoisotopic (exact) mass is 377 g/mol. The zero-order chi connectivity index (χ0) is 19.6. The molecule has 1 saturated carbocycles. The maximum atomic E-state index is 14.4. The van der Waals surface area contributed by atoms with Crippen LogP contribution in [0.3, 0.4) is 0 Å². The Bertz CT molecular complexity index is 700. The lowest BCUT2D eigenvalue weighted by Crippen LogP contribution is -2.29. The number of anilines is 1. The van der Waals surface area contributed by atoms with Crippen molar-refractivity contribution in [2.24, 2.45) is 5.92 Å². The summed E-state index contributed by atoms with van der Waals surface area (Å²) < 4.78 is 14.4. The Kier molecular flexibility index (Phi) is 8.44. The molecule has 0 spiro atoms. The van der Waals surface area contributed by atoms with Crippen LogP contribution in [0, 0.1) is 11.7 Å². The van der Waals surface area contributed by atoms with Crippen LogP contribution in [0.15, 0.2) is 35.9 Å². The minimum absolute atomic E-state index is 0.122. The smallest absolute Gasteiger partial charge is 0.262 e. The number of carbonyl (C=O) groups excluding carboxylic acids is 1. The summed E-state index contributed by atoms with van der Waals surface area (Å²) in [7, 11) is 1.32. The highest BCUT2D eigenvalue weighted by atomic mass is 19.1. The highest BCUT2D eigenvalue weighted by molar-refractivity contribution is 5.80. The van der Waals surface area contributed by atoms with Gasteiger partial charge in [0.25, 0.3) is 5.91 Å². The predicted octanol–water partition coefficient (Wildman–Crippen LogP) is 2.41. The molecule has 0 unspecified atom stereocenters. The Morgan fingerprint density at radius 3 is 2.81 bits per heavy atom. The molecule has 6 nitrogen and oxygen atoms in total. The normalized spacial score (nSPS) is 14.6. The van der Waals surface area contributed by atoms with E-state index in [9.17, 15) is 14.3 Å². The molecule has 7 heteroatoms. The number of hydroxylamine groups is 1. The van der Waals surface area contributed by atoms with Crippen LogP contribution in [0.1, 0.15) is 30.9 Å². The van der Waals surface area contributed by atoms with Crippen LogP contribution in [-0.4, -0.2) is 31.2 Å². The number of allylic oxidation sites excluding steroid dienone is 3. The zero-order valence-electron chi connectivity index (χ0n) is 15.8. The number of rotatable bonds is 11. The molecule has 1 aliphatic carbocycles. The maximum Gasteiger partial charge on any atom is 0.262 e. The lowest BCUT2D eigenvalue weighted by atomic mass is 10.1. The SMILES string of the molecule is C/C=C\C(=C/CNCc1cc(F)c(NCC(=O)NOC)c(CO)c1)C1CC1. The van der Waals surface area contributed by atoms with Crippen LogP contribution in [0.2, 0.25) is 0 Å². The fraction of sp³-hybridized carbons (Fsp3) is 0.450. The Morgan fingerprint density at radius 2 is 2.19 bits per heavy atom. The summed E-state index contributed by atoms with van der Waals surface area (Å²) in [4.78, 5) is 15.9. The summed E-state index contributed by atoms with van der Waals surface area (Å²) in [6.07, 6.45) is 8.86. The first-order chi connectivity index (χ1) is 13.1. The van der Waals surface area contributed by atoms with Crippen LogP contribution in [0.25, 0.3) is 0 Å². The van der Waals surface area contributed by atoms with Crippen molar-refractivity contribution in [2.45, 2.75) is 32.9 Å². The second-order valence-electron chi connectivity index (χ2n) is 6.46. The Balaban J connectivity index is 1.94. The molecule has 1 aromatic rings. The minimum Gasteiger partial charge on any atom is -0.392 e. The van der Waals surface area contributed by atoms with E-state index in [4.69, 9.17) is 0 Å². The van der Waals surface area contributed by atoms with Gasteiger partial charge in [0.1, 0.15) is 5.82 Å². The highest BCUT2D eigenvalue weighted by Gasteiger charge is 2.23. The number of aliphatic hydroxyl groups is 1. The van der Waals surface area contributed by atoms with Crippen LogP contribution < -0.4 is 16.1 Å². The summed E-state index contributed by atoms with van der Waals surface area (Å²) in [5.74, 6) is -0.264. The summed E-state index contributed by atoms with van der Waals surface area (Å²) in [5.41, 5.74) is 4.75. The van der Waals surface area contributed by atoms with E-state index in [1.54, 1.807) is 6.07 Å². The predicted molar refractivity (Wildman–Crippen MR) is 103 cm³/mol. The molecule has 1 amide bonds. The second-order valence-corrected chi connectivity index (χ2v) is 6.46. The molecule has 1 aliphatic rings. The maximum absolute atomic E-state index is 14.4. The molecule has 2 rings (SSSR count). The third-order valence-electron chi connectivity index (χ3n) is 4.26. The van der Waals surface area contributed by atoms with E-state index < -0.39 is 11.7 Å². The van der Waals surface area contributed by atoms with E-state index in [2.05, 4.69) is 33.1 Å². The molecular weight excluding hydrogens is 349 g/mol. The van der Waals surface area contributed by atoms with E-state index in [0.717, 1.165) is 5.56 Å². The van der Waals surface area contributed by atoms with E-state index in [1.165, 1.54) is 31.6 Å². The summed E-state index contributed by atoms with van der Waals surface area (Å²) in [6.45, 7) is 2.71. The molecule has 0 aromatic heterocycles. The number of aliphatic hydroxyl groups excluding tert-OH is 1. The van der Waals surface area contributed by atoms with Crippen molar-refractivity contribution in [2.75, 3.05) is 25.5 Å². The van der Waals surface area contributed by atoms with Crippen LogP contribution in [0.5, 0.6) is 0 Å².